The normalized spacial score (nSPS) is 16.1. The van der Waals surface area contributed by atoms with Crippen molar-refractivity contribution in [3.63, 3.8) is 0 Å². The van der Waals surface area contributed by atoms with E-state index >= 15 is 0 Å². The van der Waals surface area contributed by atoms with Gasteiger partial charge in [-0.25, -0.2) is 0 Å². The van der Waals surface area contributed by atoms with Crippen molar-refractivity contribution < 1.29 is 23.9 Å². The van der Waals surface area contributed by atoms with Crippen LogP contribution in [0.3, 0.4) is 0 Å². The maximum atomic E-state index is 12.3. The molecule has 1 aliphatic heterocycles. The van der Waals surface area contributed by atoms with Crippen LogP contribution < -0.4 is 4.74 Å². The van der Waals surface area contributed by atoms with Crippen LogP contribution in [0, 0.1) is 0 Å². The molecule has 1 saturated heterocycles. The molecule has 1 aliphatic rings. The molecule has 0 aromatic heterocycles. The first-order chi connectivity index (χ1) is 11.0. The molecule has 122 valence electrons. The largest absolute Gasteiger partial charge is 0.496 e. The van der Waals surface area contributed by atoms with Gasteiger partial charge in [-0.05, 0) is 43.0 Å². The van der Waals surface area contributed by atoms with E-state index in [4.69, 9.17) is 9.47 Å². The van der Waals surface area contributed by atoms with E-state index in [1.165, 1.54) is 7.11 Å². The number of imide groups is 1. The number of methoxy groups -OCH3 is 1. The maximum absolute atomic E-state index is 12.3. The molecule has 0 spiro atoms. The lowest BCUT2D eigenvalue weighted by Gasteiger charge is -2.10. The second kappa shape index (κ2) is 7.65. The number of carbonyl (C=O) groups excluding carboxylic acids is 3. The first kappa shape index (κ1) is 17.6. The molecule has 2 rings (SSSR count). The highest BCUT2D eigenvalue weighted by Gasteiger charge is 2.36. The van der Waals surface area contributed by atoms with E-state index in [1.54, 1.807) is 25.1 Å². The zero-order valence-corrected chi connectivity index (χ0v) is 14.9. The smallest absolute Gasteiger partial charge is 0.326 e. The van der Waals surface area contributed by atoms with Crippen molar-refractivity contribution in [2.24, 2.45) is 0 Å². The molecule has 0 aliphatic carbocycles. The van der Waals surface area contributed by atoms with Gasteiger partial charge in [-0.1, -0.05) is 15.9 Å². The van der Waals surface area contributed by atoms with Crippen LogP contribution in [0.15, 0.2) is 27.6 Å². The summed E-state index contributed by atoms with van der Waals surface area (Å²) in [6.45, 7) is 1.47. The molecule has 1 aromatic carbocycles. The van der Waals surface area contributed by atoms with Gasteiger partial charge in [0.15, 0.2) is 0 Å². The molecule has 0 saturated carbocycles. The van der Waals surface area contributed by atoms with Gasteiger partial charge in [0.2, 0.25) is 0 Å². The number of nitrogens with zero attached hydrogens (tertiary/aromatic N) is 1. The van der Waals surface area contributed by atoms with E-state index in [9.17, 15) is 14.4 Å². The number of rotatable bonds is 5. The first-order valence-corrected chi connectivity index (χ1v) is 8.31. The molecular weight excluding hydrogens is 386 g/mol. The Morgan fingerprint density at radius 1 is 1.39 bits per heavy atom. The van der Waals surface area contributed by atoms with E-state index in [1.807, 2.05) is 6.07 Å². The number of benzene rings is 1. The molecule has 0 radical (unpaired) electrons. The van der Waals surface area contributed by atoms with Gasteiger partial charge < -0.3 is 9.47 Å². The number of ether oxygens (including phenoxy) is 2. The monoisotopic (exact) mass is 399 g/mol. The molecule has 1 heterocycles. The topological polar surface area (TPSA) is 72.9 Å². The lowest BCUT2D eigenvalue weighted by molar-refractivity contribution is -0.145. The van der Waals surface area contributed by atoms with Crippen LogP contribution in [-0.4, -0.2) is 42.3 Å². The lowest BCUT2D eigenvalue weighted by atomic mass is 10.2. The van der Waals surface area contributed by atoms with Gasteiger partial charge in [0, 0.05) is 10.0 Å². The van der Waals surface area contributed by atoms with Crippen molar-refractivity contribution in [1.82, 2.24) is 4.90 Å². The Morgan fingerprint density at radius 3 is 2.78 bits per heavy atom. The number of hydrogen-bond acceptors (Lipinski definition) is 6. The minimum absolute atomic E-state index is 0.195. The number of hydrogen-bond donors (Lipinski definition) is 0. The van der Waals surface area contributed by atoms with Crippen LogP contribution in [0.5, 0.6) is 5.75 Å². The van der Waals surface area contributed by atoms with Gasteiger partial charge in [-0.2, -0.15) is 0 Å². The van der Waals surface area contributed by atoms with Gasteiger partial charge in [0.05, 0.1) is 18.6 Å². The highest BCUT2D eigenvalue weighted by atomic mass is 79.9. The van der Waals surface area contributed by atoms with Crippen LogP contribution in [0.25, 0.3) is 6.08 Å². The van der Waals surface area contributed by atoms with Crippen LogP contribution >= 0.6 is 27.7 Å². The number of amides is 2. The van der Waals surface area contributed by atoms with Crippen molar-refractivity contribution in [3.05, 3.63) is 33.1 Å². The number of halogens is 1. The van der Waals surface area contributed by atoms with Crippen LogP contribution in [0.2, 0.25) is 0 Å². The molecule has 0 bridgehead atoms. The molecule has 0 unspecified atom stereocenters. The third-order valence-electron chi connectivity index (χ3n) is 2.94. The van der Waals surface area contributed by atoms with Gasteiger partial charge in [-0.3, -0.25) is 19.3 Å². The van der Waals surface area contributed by atoms with Crippen molar-refractivity contribution >= 4 is 50.9 Å². The SMILES string of the molecule is CCOC(=O)CN1C(=O)S/C(=C\c2cc(Br)ccc2OC)C1=O. The number of thioether (sulfide) groups is 1. The molecular formula is C15H14BrNO5S. The fraction of sp³-hybridized carbons (Fsp3) is 0.267. The quantitative estimate of drug-likeness (QED) is 0.559. The summed E-state index contributed by atoms with van der Waals surface area (Å²) in [5.41, 5.74) is 0.656. The van der Waals surface area contributed by atoms with Crippen molar-refractivity contribution in [2.45, 2.75) is 6.92 Å². The van der Waals surface area contributed by atoms with Crippen molar-refractivity contribution in [2.75, 3.05) is 20.3 Å². The minimum Gasteiger partial charge on any atom is -0.496 e. The summed E-state index contributed by atoms with van der Waals surface area (Å²) in [7, 11) is 1.52. The molecule has 23 heavy (non-hydrogen) atoms. The standard InChI is InChI=1S/C15H14BrNO5S/c1-3-22-13(18)8-17-14(19)12(23-15(17)20)7-9-6-10(16)4-5-11(9)21-2/h4-7H,3,8H2,1-2H3/b12-7-. The average molecular weight is 400 g/mol. The summed E-state index contributed by atoms with van der Waals surface area (Å²) in [4.78, 5) is 36.8. The molecule has 0 N–H and O–H groups in total. The molecule has 1 fully saturated rings. The van der Waals surface area contributed by atoms with Gasteiger partial charge in [0.25, 0.3) is 11.1 Å². The Hall–Kier alpha value is -1.80. The average Bonchev–Trinajstić information content (AvgIpc) is 2.75. The Labute approximate surface area is 145 Å². The fourth-order valence-electron chi connectivity index (χ4n) is 1.93. The molecule has 8 heteroatoms. The van der Waals surface area contributed by atoms with Crippen molar-refractivity contribution in [3.8, 4) is 5.75 Å². The predicted molar refractivity (Wildman–Crippen MR) is 90.0 cm³/mol. The summed E-state index contributed by atoms with van der Waals surface area (Å²) in [6.07, 6.45) is 1.57. The number of carbonyl (C=O) groups is 3. The van der Waals surface area contributed by atoms with Gasteiger partial charge in [-0.15, -0.1) is 0 Å². The summed E-state index contributed by atoms with van der Waals surface area (Å²) in [5.74, 6) is -0.559. The molecule has 1 aromatic rings. The zero-order chi connectivity index (χ0) is 17.0. The van der Waals surface area contributed by atoms with E-state index < -0.39 is 17.1 Å². The highest BCUT2D eigenvalue weighted by molar-refractivity contribution is 9.10. The van der Waals surface area contributed by atoms with E-state index in [-0.39, 0.29) is 18.1 Å². The Morgan fingerprint density at radius 2 is 2.13 bits per heavy atom. The summed E-state index contributed by atoms with van der Waals surface area (Å²) >= 11 is 4.13. The highest BCUT2D eigenvalue weighted by Crippen LogP contribution is 2.34. The second-order valence-electron chi connectivity index (χ2n) is 4.46. The Kier molecular flexibility index (Phi) is 5.84. The van der Waals surface area contributed by atoms with Crippen LogP contribution in [-0.2, 0) is 14.3 Å². The van der Waals surface area contributed by atoms with Crippen molar-refractivity contribution in [1.29, 1.82) is 0 Å². The summed E-state index contributed by atoms with van der Waals surface area (Å²) in [6, 6.07) is 5.33. The van der Waals surface area contributed by atoms with Crippen LogP contribution in [0.4, 0.5) is 4.79 Å². The van der Waals surface area contributed by atoms with E-state index in [0.29, 0.717) is 11.3 Å². The molecule has 2 amide bonds. The molecule has 0 atom stereocenters. The Bertz CT molecular complexity index is 688. The first-order valence-electron chi connectivity index (χ1n) is 6.70. The van der Waals surface area contributed by atoms with Gasteiger partial charge >= 0.3 is 5.97 Å². The summed E-state index contributed by atoms with van der Waals surface area (Å²) < 4.78 is 10.8. The van der Waals surface area contributed by atoms with E-state index in [2.05, 4.69) is 15.9 Å². The molecule has 6 nitrogen and oxygen atoms in total. The number of esters is 1. The van der Waals surface area contributed by atoms with Crippen LogP contribution in [0.1, 0.15) is 12.5 Å². The van der Waals surface area contributed by atoms with Gasteiger partial charge in [0.1, 0.15) is 12.3 Å². The third kappa shape index (κ3) is 4.14. The Balaban J connectivity index is 2.25. The fourth-order valence-corrected chi connectivity index (χ4v) is 3.14. The maximum Gasteiger partial charge on any atom is 0.326 e. The summed E-state index contributed by atoms with van der Waals surface area (Å²) in [5, 5.41) is -0.497. The second-order valence-corrected chi connectivity index (χ2v) is 6.37. The third-order valence-corrected chi connectivity index (χ3v) is 4.35. The zero-order valence-electron chi connectivity index (χ0n) is 12.5. The lowest BCUT2D eigenvalue weighted by Crippen LogP contribution is -2.34. The minimum atomic E-state index is -0.615. The van der Waals surface area contributed by atoms with E-state index in [0.717, 1.165) is 21.1 Å². The predicted octanol–water partition coefficient (Wildman–Crippen LogP) is 3.06.